The molecule has 0 atom stereocenters. The van der Waals surface area contributed by atoms with Gasteiger partial charge in [-0.15, -0.1) is 0 Å². The van der Waals surface area contributed by atoms with Crippen molar-refractivity contribution in [3.05, 3.63) is 0 Å². The van der Waals surface area contributed by atoms with Crippen LogP contribution >= 0.6 is 12.2 Å². The SMILES string of the molecule is CCCCCNC(=O)C1(C(N)=S)CCCCCC1. The molecule has 1 aliphatic rings. The van der Waals surface area contributed by atoms with Crippen molar-refractivity contribution in [1.29, 1.82) is 0 Å². The van der Waals surface area contributed by atoms with Crippen LogP contribution in [0.3, 0.4) is 0 Å². The summed E-state index contributed by atoms with van der Waals surface area (Å²) < 4.78 is 0. The maximum absolute atomic E-state index is 12.4. The molecular formula is C14H26N2OS. The molecule has 4 heteroatoms. The predicted octanol–water partition coefficient (Wildman–Crippen LogP) is 2.92. The van der Waals surface area contributed by atoms with E-state index >= 15 is 0 Å². The minimum atomic E-state index is -0.571. The summed E-state index contributed by atoms with van der Waals surface area (Å²) in [6, 6.07) is 0. The summed E-state index contributed by atoms with van der Waals surface area (Å²) in [6.45, 7) is 2.90. The van der Waals surface area contributed by atoms with E-state index in [1.54, 1.807) is 0 Å². The van der Waals surface area contributed by atoms with E-state index in [0.717, 1.165) is 51.5 Å². The Hall–Kier alpha value is -0.640. The number of carbonyl (C=O) groups is 1. The van der Waals surface area contributed by atoms with E-state index in [9.17, 15) is 4.79 Å². The van der Waals surface area contributed by atoms with Gasteiger partial charge in [-0.1, -0.05) is 57.7 Å². The van der Waals surface area contributed by atoms with Crippen LogP contribution in [0.4, 0.5) is 0 Å². The van der Waals surface area contributed by atoms with Gasteiger partial charge in [0, 0.05) is 6.54 Å². The Morgan fingerprint density at radius 2 is 1.83 bits per heavy atom. The van der Waals surface area contributed by atoms with Crippen LogP contribution in [0.15, 0.2) is 0 Å². The first-order chi connectivity index (χ1) is 8.63. The van der Waals surface area contributed by atoms with Gasteiger partial charge in [0.1, 0.15) is 0 Å². The summed E-state index contributed by atoms with van der Waals surface area (Å²) >= 11 is 5.18. The molecule has 0 aromatic heterocycles. The number of unbranched alkanes of at least 4 members (excludes halogenated alkanes) is 2. The average molecular weight is 270 g/mol. The van der Waals surface area contributed by atoms with Gasteiger partial charge in [0.15, 0.2) is 0 Å². The lowest BCUT2D eigenvalue weighted by molar-refractivity contribution is -0.128. The molecule has 1 rings (SSSR count). The fourth-order valence-corrected chi connectivity index (χ4v) is 2.96. The second-order valence-corrected chi connectivity index (χ2v) is 5.76. The van der Waals surface area contributed by atoms with Crippen molar-refractivity contribution in [2.24, 2.45) is 11.1 Å². The minimum Gasteiger partial charge on any atom is -0.392 e. The summed E-state index contributed by atoms with van der Waals surface area (Å²) in [7, 11) is 0. The van der Waals surface area contributed by atoms with Crippen LogP contribution in [-0.4, -0.2) is 17.4 Å². The van der Waals surface area contributed by atoms with Gasteiger partial charge in [0.2, 0.25) is 5.91 Å². The third kappa shape index (κ3) is 3.94. The molecule has 0 aliphatic heterocycles. The lowest BCUT2D eigenvalue weighted by atomic mass is 9.79. The average Bonchev–Trinajstić information content (AvgIpc) is 2.61. The van der Waals surface area contributed by atoms with Crippen LogP contribution in [0.5, 0.6) is 0 Å². The minimum absolute atomic E-state index is 0.0630. The van der Waals surface area contributed by atoms with Crippen LogP contribution in [0, 0.1) is 5.41 Å². The van der Waals surface area contributed by atoms with Crippen molar-refractivity contribution in [2.45, 2.75) is 64.7 Å². The highest BCUT2D eigenvalue weighted by Crippen LogP contribution is 2.35. The van der Waals surface area contributed by atoms with Crippen molar-refractivity contribution in [2.75, 3.05) is 6.54 Å². The van der Waals surface area contributed by atoms with Gasteiger partial charge in [-0.05, 0) is 19.3 Å². The molecule has 1 amide bonds. The van der Waals surface area contributed by atoms with E-state index in [-0.39, 0.29) is 5.91 Å². The summed E-state index contributed by atoms with van der Waals surface area (Å²) in [5.41, 5.74) is 5.30. The van der Waals surface area contributed by atoms with Gasteiger partial charge in [-0.25, -0.2) is 0 Å². The fourth-order valence-electron chi connectivity index (χ4n) is 2.66. The molecule has 104 valence electrons. The van der Waals surface area contributed by atoms with Crippen LogP contribution in [0.25, 0.3) is 0 Å². The summed E-state index contributed by atoms with van der Waals surface area (Å²) in [6.07, 6.45) is 9.48. The Bertz CT molecular complexity index is 284. The second-order valence-electron chi connectivity index (χ2n) is 5.32. The zero-order chi connectivity index (χ0) is 13.4. The highest BCUT2D eigenvalue weighted by Gasteiger charge is 2.41. The second kappa shape index (κ2) is 7.72. The van der Waals surface area contributed by atoms with Gasteiger partial charge in [-0.3, -0.25) is 4.79 Å². The summed E-state index contributed by atoms with van der Waals surface area (Å²) in [5.74, 6) is 0.0630. The Balaban J connectivity index is 2.59. The lowest BCUT2D eigenvalue weighted by Crippen LogP contribution is -2.48. The van der Waals surface area contributed by atoms with E-state index in [2.05, 4.69) is 12.2 Å². The van der Waals surface area contributed by atoms with E-state index in [1.807, 2.05) is 0 Å². The van der Waals surface area contributed by atoms with Crippen molar-refractivity contribution >= 4 is 23.1 Å². The molecule has 3 nitrogen and oxygen atoms in total. The maximum atomic E-state index is 12.4. The molecule has 0 spiro atoms. The molecule has 0 bridgehead atoms. The molecule has 3 N–H and O–H groups in total. The molecule has 0 radical (unpaired) electrons. The summed E-state index contributed by atoms with van der Waals surface area (Å²) in [5, 5.41) is 3.03. The molecule has 0 unspecified atom stereocenters. The third-order valence-electron chi connectivity index (χ3n) is 3.93. The quantitative estimate of drug-likeness (QED) is 0.443. The highest BCUT2D eigenvalue weighted by atomic mass is 32.1. The number of thiocarbonyl (C=S) groups is 1. The van der Waals surface area contributed by atoms with Crippen LogP contribution in [-0.2, 0) is 4.79 Å². The predicted molar refractivity (Wildman–Crippen MR) is 79.5 cm³/mol. The number of hydrogen-bond acceptors (Lipinski definition) is 2. The first kappa shape index (κ1) is 15.4. The van der Waals surface area contributed by atoms with Crippen molar-refractivity contribution in [3.63, 3.8) is 0 Å². The van der Waals surface area contributed by atoms with Gasteiger partial charge in [-0.2, -0.15) is 0 Å². The number of nitrogens with two attached hydrogens (primary N) is 1. The van der Waals surface area contributed by atoms with E-state index in [4.69, 9.17) is 18.0 Å². The van der Waals surface area contributed by atoms with Gasteiger partial charge in [0.25, 0.3) is 0 Å². The van der Waals surface area contributed by atoms with Crippen molar-refractivity contribution < 1.29 is 4.79 Å². The maximum Gasteiger partial charge on any atom is 0.233 e. The zero-order valence-corrected chi connectivity index (χ0v) is 12.3. The molecule has 1 fully saturated rings. The topological polar surface area (TPSA) is 55.1 Å². The molecule has 1 saturated carbocycles. The first-order valence-corrected chi connectivity index (χ1v) is 7.62. The molecule has 0 heterocycles. The van der Waals surface area contributed by atoms with Gasteiger partial charge in [0.05, 0.1) is 10.4 Å². The largest absolute Gasteiger partial charge is 0.392 e. The van der Waals surface area contributed by atoms with Crippen molar-refractivity contribution in [3.8, 4) is 0 Å². The standard InChI is InChI=1S/C14H26N2OS/c1-2-3-8-11-16-13(17)14(12(15)18)9-6-4-5-7-10-14/h2-11H2,1H3,(H2,15,18)(H,16,17). The van der Waals surface area contributed by atoms with Crippen LogP contribution < -0.4 is 11.1 Å². The van der Waals surface area contributed by atoms with Gasteiger partial charge < -0.3 is 11.1 Å². The third-order valence-corrected chi connectivity index (χ3v) is 4.32. The number of carbonyl (C=O) groups excluding carboxylic acids is 1. The lowest BCUT2D eigenvalue weighted by Gasteiger charge is -2.30. The Kier molecular flexibility index (Phi) is 6.61. The highest BCUT2D eigenvalue weighted by molar-refractivity contribution is 7.80. The first-order valence-electron chi connectivity index (χ1n) is 7.21. The molecule has 0 aromatic rings. The number of amides is 1. The Morgan fingerprint density at radius 1 is 1.22 bits per heavy atom. The van der Waals surface area contributed by atoms with E-state index in [1.165, 1.54) is 12.8 Å². The van der Waals surface area contributed by atoms with E-state index < -0.39 is 5.41 Å². The van der Waals surface area contributed by atoms with E-state index in [0.29, 0.717) is 4.99 Å². The molecule has 0 saturated heterocycles. The number of nitrogens with one attached hydrogen (secondary N) is 1. The fraction of sp³-hybridized carbons (Fsp3) is 0.857. The van der Waals surface area contributed by atoms with Gasteiger partial charge >= 0.3 is 0 Å². The van der Waals surface area contributed by atoms with Crippen LogP contribution in [0.1, 0.15) is 64.7 Å². The molecular weight excluding hydrogens is 244 g/mol. The number of hydrogen-bond donors (Lipinski definition) is 2. The molecule has 18 heavy (non-hydrogen) atoms. The monoisotopic (exact) mass is 270 g/mol. The normalized spacial score (nSPS) is 18.9. The smallest absolute Gasteiger partial charge is 0.233 e. The molecule has 1 aliphatic carbocycles. The number of rotatable bonds is 6. The Labute approximate surface area is 116 Å². The summed E-state index contributed by atoms with van der Waals surface area (Å²) in [4.78, 5) is 12.8. The van der Waals surface area contributed by atoms with Crippen LogP contribution in [0.2, 0.25) is 0 Å². The van der Waals surface area contributed by atoms with Crippen molar-refractivity contribution in [1.82, 2.24) is 5.32 Å². The zero-order valence-electron chi connectivity index (χ0n) is 11.5. The Morgan fingerprint density at radius 3 is 2.33 bits per heavy atom. The molecule has 0 aromatic carbocycles.